The smallest absolute Gasteiger partial charge is 0.129 e. The van der Waals surface area contributed by atoms with Gasteiger partial charge in [-0.1, -0.05) is 0 Å². The predicted octanol–water partition coefficient (Wildman–Crippen LogP) is 1.72. The van der Waals surface area contributed by atoms with Crippen molar-refractivity contribution in [3.63, 3.8) is 0 Å². The lowest BCUT2D eigenvalue weighted by Crippen LogP contribution is -2.20. The Balaban J connectivity index is 1.66. The van der Waals surface area contributed by atoms with Crippen LogP contribution in [0, 0.1) is 5.92 Å². The molecule has 1 aliphatic heterocycles. The molecule has 0 aliphatic carbocycles. The van der Waals surface area contributed by atoms with Crippen LogP contribution in [0.3, 0.4) is 0 Å². The van der Waals surface area contributed by atoms with Crippen LogP contribution in [0.25, 0.3) is 0 Å². The van der Waals surface area contributed by atoms with Crippen LogP contribution in [-0.4, -0.2) is 24.9 Å². The van der Waals surface area contributed by atoms with Crippen molar-refractivity contribution in [2.75, 3.05) is 19.8 Å². The first kappa shape index (κ1) is 11.6. The van der Waals surface area contributed by atoms with E-state index in [-0.39, 0.29) is 6.61 Å². The molecule has 0 saturated carbocycles. The van der Waals surface area contributed by atoms with E-state index in [1.54, 1.807) is 6.07 Å². The number of aliphatic hydroxyl groups excluding tert-OH is 1. The highest BCUT2D eigenvalue weighted by Gasteiger charge is 2.13. The zero-order valence-corrected chi connectivity index (χ0v) is 9.35. The summed E-state index contributed by atoms with van der Waals surface area (Å²) < 4.78 is 16.2. The van der Waals surface area contributed by atoms with Crippen molar-refractivity contribution >= 4 is 0 Å². The van der Waals surface area contributed by atoms with E-state index in [1.807, 2.05) is 6.07 Å². The van der Waals surface area contributed by atoms with Crippen LogP contribution in [0.15, 0.2) is 16.5 Å². The zero-order chi connectivity index (χ0) is 11.2. The highest BCUT2D eigenvalue weighted by atomic mass is 16.5. The van der Waals surface area contributed by atoms with E-state index in [0.717, 1.165) is 38.4 Å². The third-order valence-electron chi connectivity index (χ3n) is 2.81. The summed E-state index contributed by atoms with van der Waals surface area (Å²) >= 11 is 0. The second-order valence-electron chi connectivity index (χ2n) is 4.10. The minimum Gasteiger partial charge on any atom is -0.461 e. The summed E-state index contributed by atoms with van der Waals surface area (Å²) in [6.07, 6.45) is 2.17. The van der Waals surface area contributed by atoms with Gasteiger partial charge in [-0.05, 0) is 30.9 Å². The number of ether oxygens (including phenoxy) is 2. The van der Waals surface area contributed by atoms with E-state index in [9.17, 15) is 0 Å². The van der Waals surface area contributed by atoms with Gasteiger partial charge in [-0.25, -0.2) is 0 Å². The summed E-state index contributed by atoms with van der Waals surface area (Å²) in [7, 11) is 0. The molecule has 4 nitrogen and oxygen atoms in total. The van der Waals surface area contributed by atoms with E-state index in [0.29, 0.717) is 18.3 Å². The van der Waals surface area contributed by atoms with E-state index >= 15 is 0 Å². The summed E-state index contributed by atoms with van der Waals surface area (Å²) in [5.74, 6) is 1.97. The van der Waals surface area contributed by atoms with Gasteiger partial charge in [-0.3, -0.25) is 0 Å². The first-order valence-electron chi connectivity index (χ1n) is 5.72. The van der Waals surface area contributed by atoms with E-state index < -0.39 is 0 Å². The summed E-state index contributed by atoms with van der Waals surface area (Å²) in [6, 6.07) is 3.61. The predicted molar refractivity (Wildman–Crippen MR) is 57.8 cm³/mol. The molecular formula is C12H18O4. The Bertz CT molecular complexity index is 302. The second kappa shape index (κ2) is 6.03. The molecule has 0 atom stereocenters. The van der Waals surface area contributed by atoms with Gasteiger partial charge in [-0.2, -0.15) is 0 Å². The number of rotatable bonds is 5. The molecule has 2 heterocycles. The molecule has 0 bridgehead atoms. The van der Waals surface area contributed by atoms with Gasteiger partial charge in [0, 0.05) is 13.2 Å². The lowest BCUT2D eigenvalue weighted by molar-refractivity contribution is 0.0115. The van der Waals surface area contributed by atoms with Crippen LogP contribution >= 0.6 is 0 Å². The molecule has 0 radical (unpaired) electrons. The molecule has 0 unspecified atom stereocenters. The van der Waals surface area contributed by atoms with Gasteiger partial charge in [-0.15, -0.1) is 0 Å². The van der Waals surface area contributed by atoms with Gasteiger partial charge in [0.2, 0.25) is 0 Å². The van der Waals surface area contributed by atoms with Crippen molar-refractivity contribution in [2.45, 2.75) is 26.1 Å². The van der Waals surface area contributed by atoms with Crippen molar-refractivity contribution in [3.05, 3.63) is 23.7 Å². The average Bonchev–Trinajstić information content (AvgIpc) is 2.78. The number of furan rings is 1. The topological polar surface area (TPSA) is 51.8 Å². The third kappa shape index (κ3) is 3.33. The van der Waals surface area contributed by atoms with Crippen LogP contribution in [0.4, 0.5) is 0 Å². The molecule has 0 spiro atoms. The molecule has 1 aromatic rings. The van der Waals surface area contributed by atoms with Crippen LogP contribution in [0.2, 0.25) is 0 Å². The second-order valence-corrected chi connectivity index (χ2v) is 4.10. The van der Waals surface area contributed by atoms with E-state index in [1.165, 1.54) is 0 Å². The number of aliphatic hydroxyl groups is 1. The molecule has 1 saturated heterocycles. The standard InChI is InChI=1S/C12H18O4/c13-7-11-1-2-12(16-11)9-15-8-10-3-5-14-6-4-10/h1-2,10,13H,3-9H2. The van der Waals surface area contributed by atoms with Crippen LogP contribution in [-0.2, 0) is 22.7 Å². The first-order chi connectivity index (χ1) is 7.88. The fraction of sp³-hybridized carbons (Fsp3) is 0.667. The lowest BCUT2D eigenvalue weighted by atomic mass is 10.0. The SMILES string of the molecule is OCc1ccc(COCC2CCOCC2)o1. The Morgan fingerprint density at radius 1 is 1.25 bits per heavy atom. The monoisotopic (exact) mass is 226 g/mol. The van der Waals surface area contributed by atoms with Crippen molar-refractivity contribution < 1.29 is 19.0 Å². The summed E-state index contributed by atoms with van der Waals surface area (Å²) in [5, 5.41) is 8.83. The van der Waals surface area contributed by atoms with Crippen molar-refractivity contribution in [2.24, 2.45) is 5.92 Å². The Kier molecular flexibility index (Phi) is 4.39. The highest BCUT2D eigenvalue weighted by molar-refractivity contribution is 5.05. The van der Waals surface area contributed by atoms with Gasteiger partial charge >= 0.3 is 0 Å². The summed E-state index contributed by atoms with van der Waals surface area (Å²) in [6.45, 7) is 2.89. The third-order valence-corrected chi connectivity index (χ3v) is 2.81. The molecule has 0 amide bonds. The lowest BCUT2D eigenvalue weighted by Gasteiger charge is -2.21. The summed E-state index contributed by atoms with van der Waals surface area (Å²) in [5.41, 5.74) is 0. The highest BCUT2D eigenvalue weighted by Crippen LogP contribution is 2.16. The minimum absolute atomic E-state index is 0.0556. The average molecular weight is 226 g/mol. The van der Waals surface area contributed by atoms with E-state index in [2.05, 4.69) is 0 Å². The van der Waals surface area contributed by atoms with E-state index in [4.69, 9.17) is 19.0 Å². The van der Waals surface area contributed by atoms with Crippen molar-refractivity contribution in [1.82, 2.24) is 0 Å². The Morgan fingerprint density at radius 3 is 2.69 bits per heavy atom. The molecule has 1 N–H and O–H groups in total. The zero-order valence-electron chi connectivity index (χ0n) is 9.35. The normalized spacial score (nSPS) is 17.8. The Morgan fingerprint density at radius 2 is 2.00 bits per heavy atom. The molecule has 2 rings (SSSR count). The maximum absolute atomic E-state index is 8.83. The number of hydrogen-bond acceptors (Lipinski definition) is 4. The molecule has 1 aromatic heterocycles. The minimum atomic E-state index is -0.0556. The van der Waals surface area contributed by atoms with Gasteiger partial charge < -0.3 is 19.0 Å². The molecule has 1 fully saturated rings. The van der Waals surface area contributed by atoms with Crippen molar-refractivity contribution in [1.29, 1.82) is 0 Å². The Labute approximate surface area is 95.2 Å². The number of hydrogen-bond donors (Lipinski definition) is 1. The first-order valence-corrected chi connectivity index (χ1v) is 5.72. The van der Waals surface area contributed by atoms with Crippen molar-refractivity contribution in [3.8, 4) is 0 Å². The quantitative estimate of drug-likeness (QED) is 0.830. The van der Waals surface area contributed by atoms with Gasteiger partial charge in [0.05, 0.1) is 6.61 Å². The molecular weight excluding hydrogens is 208 g/mol. The van der Waals surface area contributed by atoms with Crippen LogP contribution in [0.5, 0.6) is 0 Å². The maximum Gasteiger partial charge on any atom is 0.129 e. The van der Waals surface area contributed by atoms with Crippen LogP contribution in [0.1, 0.15) is 24.4 Å². The molecule has 16 heavy (non-hydrogen) atoms. The molecule has 0 aromatic carbocycles. The fourth-order valence-electron chi connectivity index (χ4n) is 1.82. The van der Waals surface area contributed by atoms with Gasteiger partial charge in [0.15, 0.2) is 0 Å². The maximum atomic E-state index is 8.83. The van der Waals surface area contributed by atoms with Crippen LogP contribution < -0.4 is 0 Å². The van der Waals surface area contributed by atoms with Gasteiger partial charge in [0.25, 0.3) is 0 Å². The fourth-order valence-corrected chi connectivity index (χ4v) is 1.82. The largest absolute Gasteiger partial charge is 0.461 e. The molecule has 90 valence electrons. The summed E-state index contributed by atoms with van der Waals surface area (Å²) in [4.78, 5) is 0. The van der Waals surface area contributed by atoms with Gasteiger partial charge in [0.1, 0.15) is 24.7 Å². The molecule has 1 aliphatic rings. The molecule has 4 heteroatoms. The Hall–Kier alpha value is -0.840.